The molecule has 7 heteroatoms. The molecule has 0 aliphatic carbocycles. The molecule has 0 saturated carbocycles. The van der Waals surface area contributed by atoms with Crippen molar-refractivity contribution in [3.05, 3.63) is 64.1 Å². The van der Waals surface area contributed by atoms with Gasteiger partial charge in [-0.05, 0) is 30.2 Å². The van der Waals surface area contributed by atoms with Gasteiger partial charge in [-0.1, -0.05) is 64.9 Å². The van der Waals surface area contributed by atoms with Gasteiger partial charge in [-0.25, -0.2) is 0 Å². The van der Waals surface area contributed by atoms with Crippen molar-refractivity contribution >= 4 is 45.0 Å². The maximum atomic E-state index is 12.7. The van der Waals surface area contributed by atoms with Crippen LogP contribution in [0.5, 0.6) is 5.75 Å². The number of carbonyl (C=O) groups excluding carboxylic acids is 1. The lowest BCUT2D eigenvalue weighted by Crippen LogP contribution is -2.31. The van der Waals surface area contributed by atoms with Gasteiger partial charge < -0.3 is 4.74 Å². The molecule has 1 aliphatic heterocycles. The predicted octanol–water partition coefficient (Wildman–Crippen LogP) is 4.70. The number of hydrogen-bond donors (Lipinski definition) is 0. The smallest absolute Gasteiger partial charge is 0.242 e. The van der Waals surface area contributed by atoms with E-state index in [1.54, 1.807) is 18.2 Å². The van der Waals surface area contributed by atoms with Crippen LogP contribution in [0.15, 0.2) is 63.2 Å². The van der Waals surface area contributed by atoms with Gasteiger partial charge in [0.25, 0.3) is 0 Å². The zero-order chi connectivity index (χ0) is 19.2. The average Bonchev–Trinajstić information content (AvgIpc) is 2.98. The van der Waals surface area contributed by atoms with Crippen molar-refractivity contribution in [3.8, 4) is 5.75 Å². The molecule has 2 aromatic rings. The maximum absolute atomic E-state index is 12.7. The third-order valence-corrected chi connectivity index (χ3v) is 5.93. The molecule has 1 fully saturated rings. The van der Waals surface area contributed by atoms with Crippen LogP contribution in [-0.2, 0) is 11.3 Å². The predicted molar refractivity (Wildman–Crippen MR) is 114 cm³/mol. The SMILES string of the molecule is CCC1S/C(=N\N=C\c2cc(Br)ccc2OC)N(Cc2ccccc2)C1=O. The average molecular weight is 446 g/mol. The fraction of sp³-hybridized carbons (Fsp3) is 0.250. The Morgan fingerprint density at radius 2 is 2.04 bits per heavy atom. The second kappa shape index (κ2) is 9.19. The van der Waals surface area contributed by atoms with Crippen LogP contribution in [0, 0.1) is 0 Å². The number of hydrogen-bond acceptors (Lipinski definition) is 5. The fourth-order valence-corrected chi connectivity index (χ4v) is 4.11. The van der Waals surface area contributed by atoms with E-state index in [0.717, 1.165) is 22.0 Å². The summed E-state index contributed by atoms with van der Waals surface area (Å²) < 4.78 is 6.27. The van der Waals surface area contributed by atoms with E-state index in [1.807, 2.05) is 55.5 Å². The highest BCUT2D eigenvalue weighted by molar-refractivity contribution is 9.10. The van der Waals surface area contributed by atoms with Gasteiger partial charge in [-0.15, -0.1) is 5.10 Å². The molecule has 1 saturated heterocycles. The standard InChI is InChI=1S/C20H20BrN3O2S/c1-3-18-19(25)24(13-14-7-5-4-6-8-14)20(27-18)23-22-12-15-11-16(21)9-10-17(15)26-2/h4-12,18H,3,13H2,1-2H3/b22-12+,23-20-. The van der Waals surface area contributed by atoms with E-state index in [4.69, 9.17) is 4.74 Å². The van der Waals surface area contributed by atoms with Crippen LogP contribution in [-0.4, -0.2) is 34.5 Å². The molecule has 1 atom stereocenters. The van der Waals surface area contributed by atoms with Crippen molar-refractivity contribution in [1.29, 1.82) is 0 Å². The number of thioether (sulfide) groups is 1. The lowest BCUT2D eigenvalue weighted by molar-refractivity contribution is -0.126. The van der Waals surface area contributed by atoms with Crippen molar-refractivity contribution in [1.82, 2.24) is 4.90 Å². The molecule has 0 N–H and O–H groups in total. The van der Waals surface area contributed by atoms with E-state index >= 15 is 0 Å². The summed E-state index contributed by atoms with van der Waals surface area (Å²) in [4.78, 5) is 14.4. The Balaban J connectivity index is 1.84. The number of nitrogens with zero attached hydrogens (tertiary/aromatic N) is 3. The quantitative estimate of drug-likeness (QED) is 0.478. The number of benzene rings is 2. The normalized spacial score (nSPS) is 18.6. The zero-order valence-electron chi connectivity index (χ0n) is 15.1. The van der Waals surface area contributed by atoms with Crippen LogP contribution in [0.4, 0.5) is 0 Å². The highest BCUT2D eigenvalue weighted by Gasteiger charge is 2.36. The van der Waals surface area contributed by atoms with Gasteiger partial charge in [0.1, 0.15) is 5.75 Å². The molecule has 27 heavy (non-hydrogen) atoms. The Bertz CT molecular complexity index is 871. The zero-order valence-corrected chi connectivity index (χ0v) is 17.5. The Morgan fingerprint density at radius 3 is 2.74 bits per heavy atom. The number of amides is 1. The largest absolute Gasteiger partial charge is 0.496 e. The number of rotatable bonds is 6. The van der Waals surface area contributed by atoms with E-state index in [1.165, 1.54) is 11.8 Å². The minimum Gasteiger partial charge on any atom is -0.496 e. The van der Waals surface area contributed by atoms with Crippen molar-refractivity contribution in [3.63, 3.8) is 0 Å². The first-order valence-corrected chi connectivity index (χ1v) is 10.3. The molecule has 5 nitrogen and oxygen atoms in total. The summed E-state index contributed by atoms with van der Waals surface area (Å²) in [7, 11) is 1.62. The van der Waals surface area contributed by atoms with E-state index < -0.39 is 0 Å². The van der Waals surface area contributed by atoms with Crippen LogP contribution in [0.25, 0.3) is 0 Å². The van der Waals surface area contributed by atoms with Gasteiger partial charge in [0.05, 0.1) is 25.1 Å². The molecule has 3 rings (SSSR count). The maximum Gasteiger partial charge on any atom is 0.242 e. The molecular formula is C20H20BrN3O2S. The van der Waals surface area contributed by atoms with Crippen LogP contribution >= 0.6 is 27.7 Å². The van der Waals surface area contributed by atoms with Gasteiger partial charge in [-0.3, -0.25) is 9.69 Å². The van der Waals surface area contributed by atoms with Crippen molar-refractivity contribution in [2.24, 2.45) is 10.2 Å². The van der Waals surface area contributed by atoms with E-state index in [0.29, 0.717) is 17.5 Å². The molecule has 140 valence electrons. The Hall–Kier alpha value is -2.12. The highest BCUT2D eigenvalue weighted by atomic mass is 79.9. The summed E-state index contributed by atoms with van der Waals surface area (Å²) in [6, 6.07) is 15.6. The molecular weight excluding hydrogens is 426 g/mol. The molecule has 1 unspecified atom stereocenters. The molecule has 0 bridgehead atoms. The number of amidine groups is 1. The van der Waals surface area contributed by atoms with E-state index in [-0.39, 0.29) is 11.2 Å². The first kappa shape index (κ1) is 19.6. The van der Waals surface area contributed by atoms with Gasteiger partial charge in [0.2, 0.25) is 5.91 Å². The lowest BCUT2D eigenvalue weighted by atomic mass is 10.2. The van der Waals surface area contributed by atoms with Crippen molar-refractivity contribution < 1.29 is 9.53 Å². The topological polar surface area (TPSA) is 54.3 Å². The minimum absolute atomic E-state index is 0.0836. The molecule has 2 aromatic carbocycles. The molecule has 0 radical (unpaired) electrons. The summed E-state index contributed by atoms with van der Waals surface area (Å²) in [6.45, 7) is 2.51. The van der Waals surface area contributed by atoms with Gasteiger partial charge in [0.15, 0.2) is 5.17 Å². The van der Waals surface area contributed by atoms with Crippen LogP contribution < -0.4 is 4.74 Å². The van der Waals surface area contributed by atoms with Crippen LogP contribution in [0.1, 0.15) is 24.5 Å². The van der Waals surface area contributed by atoms with Crippen molar-refractivity contribution in [2.75, 3.05) is 7.11 Å². The number of carbonyl (C=O) groups is 1. The van der Waals surface area contributed by atoms with Gasteiger partial charge in [0, 0.05) is 10.0 Å². The molecule has 0 aromatic heterocycles. The fourth-order valence-electron chi connectivity index (χ4n) is 2.70. The molecule has 1 aliphatic rings. The lowest BCUT2D eigenvalue weighted by Gasteiger charge is -2.15. The summed E-state index contributed by atoms with van der Waals surface area (Å²) in [6.07, 6.45) is 2.40. The number of halogens is 1. The minimum atomic E-state index is -0.108. The Morgan fingerprint density at radius 1 is 1.26 bits per heavy atom. The molecule has 1 heterocycles. The third-order valence-electron chi connectivity index (χ3n) is 4.11. The second-order valence-corrected chi connectivity index (χ2v) is 8.02. The van der Waals surface area contributed by atoms with Crippen molar-refractivity contribution in [2.45, 2.75) is 25.1 Å². The van der Waals surface area contributed by atoms with Gasteiger partial charge >= 0.3 is 0 Å². The second-order valence-electron chi connectivity index (χ2n) is 5.94. The Kier molecular flexibility index (Phi) is 6.68. The monoisotopic (exact) mass is 445 g/mol. The number of ether oxygens (including phenoxy) is 1. The van der Waals surface area contributed by atoms with E-state index in [9.17, 15) is 4.79 Å². The summed E-state index contributed by atoms with van der Waals surface area (Å²) in [5.74, 6) is 0.796. The number of methoxy groups -OCH3 is 1. The molecule has 1 amide bonds. The van der Waals surface area contributed by atoms with Crippen LogP contribution in [0.3, 0.4) is 0 Å². The summed E-state index contributed by atoms with van der Waals surface area (Å²) in [5.41, 5.74) is 1.88. The van der Waals surface area contributed by atoms with Crippen LogP contribution in [0.2, 0.25) is 0 Å². The first-order chi connectivity index (χ1) is 13.1. The third kappa shape index (κ3) is 4.78. The van der Waals surface area contributed by atoms with E-state index in [2.05, 4.69) is 26.1 Å². The summed E-state index contributed by atoms with van der Waals surface area (Å²) >= 11 is 4.91. The van der Waals surface area contributed by atoms with Gasteiger partial charge in [-0.2, -0.15) is 5.10 Å². The Labute approximate surface area is 171 Å². The highest BCUT2D eigenvalue weighted by Crippen LogP contribution is 2.31. The summed E-state index contributed by atoms with van der Waals surface area (Å²) in [5, 5.41) is 9.07. The first-order valence-electron chi connectivity index (χ1n) is 8.59. The molecule has 0 spiro atoms.